The Hall–Kier alpha value is -1.85. The normalized spacial score (nSPS) is 34.8. The summed E-state index contributed by atoms with van der Waals surface area (Å²) in [6.07, 6.45) is 13.7. The van der Waals surface area contributed by atoms with Gasteiger partial charge >= 0.3 is 0 Å². The van der Waals surface area contributed by atoms with Gasteiger partial charge in [0.15, 0.2) is 0 Å². The van der Waals surface area contributed by atoms with Crippen molar-refractivity contribution in [2.75, 3.05) is 33.0 Å². The molecule has 0 aromatic heterocycles. The molecule has 0 heterocycles. The van der Waals surface area contributed by atoms with Crippen LogP contribution in [0.1, 0.15) is 25.7 Å². The van der Waals surface area contributed by atoms with Crippen molar-refractivity contribution in [3.8, 4) is 6.07 Å². The van der Waals surface area contributed by atoms with Gasteiger partial charge in [-0.25, -0.2) is 0 Å². The zero-order chi connectivity index (χ0) is 21.6. The molecular formula is C24H35N3O4. The van der Waals surface area contributed by atoms with E-state index in [9.17, 15) is 10.2 Å². The molecule has 0 saturated heterocycles. The van der Waals surface area contributed by atoms with E-state index in [1.807, 2.05) is 6.07 Å². The van der Waals surface area contributed by atoms with E-state index in [1.165, 1.54) is 31.8 Å². The molecule has 4 bridgehead atoms. The lowest BCUT2D eigenvalue weighted by Crippen LogP contribution is -2.41. The number of aliphatic hydroxyl groups is 2. The third-order valence-corrected chi connectivity index (χ3v) is 7.14. The smallest absolute Gasteiger partial charge is 0.149 e. The summed E-state index contributed by atoms with van der Waals surface area (Å²) in [4.78, 5) is 0. The molecule has 2 saturated carbocycles. The predicted molar refractivity (Wildman–Crippen MR) is 116 cm³/mol. The third-order valence-electron chi connectivity index (χ3n) is 7.14. The van der Waals surface area contributed by atoms with E-state index in [0.29, 0.717) is 48.6 Å². The molecular weight excluding hydrogens is 394 g/mol. The highest BCUT2D eigenvalue weighted by molar-refractivity contribution is 5.12. The maximum Gasteiger partial charge on any atom is 0.149 e. The summed E-state index contributed by atoms with van der Waals surface area (Å²) in [5.74, 6) is 4.15. The van der Waals surface area contributed by atoms with E-state index >= 15 is 0 Å². The number of aliphatic hydroxyl groups excluding tert-OH is 2. The number of nitrogens with zero attached hydrogens (tertiary/aromatic N) is 1. The summed E-state index contributed by atoms with van der Waals surface area (Å²) in [5.41, 5.74) is 0. The van der Waals surface area contributed by atoms with Crippen molar-refractivity contribution in [1.29, 1.82) is 5.26 Å². The molecule has 7 heteroatoms. The van der Waals surface area contributed by atoms with Crippen LogP contribution in [0.4, 0.5) is 0 Å². The number of nitriles is 1. The molecule has 0 radical (unpaired) electrons. The Morgan fingerprint density at radius 1 is 0.968 bits per heavy atom. The van der Waals surface area contributed by atoms with Gasteiger partial charge in [0.1, 0.15) is 12.0 Å². The van der Waals surface area contributed by atoms with Gasteiger partial charge in [0, 0.05) is 6.54 Å². The molecule has 4 aliphatic rings. The van der Waals surface area contributed by atoms with Gasteiger partial charge in [0.25, 0.3) is 0 Å². The summed E-state index contributed by atoms with van der Waals surface area (Å²) < 4.78 is 11.4. The number of nitrogens with one attached hydrogen (secondary N) is 2. The second-order valence-corrected chi connectivity index (χ2v) is 9.54. The van der Waals surface area contributed by atoms with Gasteiger partial charge in [0.05, 0.1) is 44.7 Å². The van der Waals surface area contributed by atoms with Crippen molar-refractivity contribution in [3.05, 3.63) is 36.2 Å². The van der Waals surface area contributed by atoms with Crippen molar-refractivity contribution in [2.45, 2.75) is 38.0 Å². The van der Waals surface area contributed by atoms with Crippen LogP contribution >= 0.6 is 0 Å². The van der Waals surface area contributed by atoms with Crippen LogP contribution in [0.3, 0.4) is 0 Å². The minimum absolute atomic E-state index is 0.145. The lowest BCUT2D eigenvalue weighted by atomic mass is 9.95. The summed E-state index contributed by atoms with van der Waals surface area (Å²) in [6.45, 7) is 1.93. The molecule has 0 aromatic carbocycles. The van der Waals surface area contributed by atoms with Crippen LogP contribution in [-0.2, 0) is 9.47 Å². The van der Waals surface area contributed by atoms with Crippen LogP contribution in [0.5, 0.6) is 0 Å². The van der Waals surface area contributed by atoms with Crippen LogP contribution in [0, 0.1) is 46.8 Å². The van der Waals surface area contributed by atoms with E-state index in [1.54, 1.807) is 0 Å². The Morgan fingerprint density at radius 3 is 2.10 bits per heavy atom. The van der Waals surface area contributed by atoms with E-state index in [-0.39, 0.29) is 19.8 Å². The van der Waals surface area contributed by atoms with Crippen molar-refractivity contribution in [2.24, 2.45) is 35.5 Å². The number of allylic oxidation sites excluding steroid dienone is 5. The van der Waals surface area contributed by atoms with E-state index in [2.05, 4.69) is 34.9 Å². The summed E-state index contributed by atoms with van der Waals surface area (Å²) in [7, 11) is 0. The molecule has 2 fully saturated rings. The molecule has 7 nitrogen and oxygen atoms in total. The van der Waals surface area contributed by atoms with Crippen molar-refractivity contribution in [1.82, 2.24) is 10.6 Å². The highest BCUT2D eigenvalue weighted by atomic mass is 16.5. The molecule has 4 rings (SSSR count). The molecule has 31 heavy (non-hydrogen) atoms. The number of rotatable bonds is 13. The number of hydrogen-bond acceptors (Lipinski definition) is 7. The van der Waals surface area contributed by atoms with Crippen LogP contribution in [0.2, 0.25) is 0 Å². The van der Waals surface area contributed by atoms with Crippen molar-refractivity contribution < 1.29 is 19.7 Å². The van der Waals surface area contributed by atoms with Gasteiger partial charge in [0.2, 0.25) is 0 Å². The lowest BCUT2D eigenvalue weighted by molar-refractivity contribution is 0.00438. The van der Waals surface area contributed by atoms with Crippen molar-refractivity contribution in [3.63, 3.8) is 0 Å². The Bertz CT molecular complexity index is 731. The largest absolute Gasteiger partial charge is 0.389 e. The fourth-order valence-corrected chi connectivity index (χ4v) is 5.58. The number of hydrogen-bond donors (Lipinski definition) is 4. The van der Waals surface area contributed by atoms with Gasteiger partial charge in [-0.1, -0.05) is 24.3 Å². The topological polar surface area (TPSA) is 107 Å². The number of fused-ring (bicyclic) bond motifs is 4. The molecule has 4 N–H and O–H groups in total. The maximum atomic E-state index is 10.2. The Balaban J connectivity index is 1.08. The minimum atomic E-state index is -0.930. The first-order chi connectivity index (χ1) is 15.1. The van der Waals surface area contributed by atoms with Gasteiger partial charge in [-0.05, 0) is 61.2 Å². The highest BCUT2D eigenvalue weighted by Gasteiger charge is 2.36. The molecule has 0 aromatic rings. The van der Waals surface area contributed by atoms with E-state index < -0.39 is 12.3 Å². The van der Waals surface area contributed by atoms with Crippen molar-refractivity contribution >= 4 is 0 Å². The first-order valence-electron chi connectivity index (χ1n) is 11.6. The van der Waals surface area contributed by atoms with E-state index in [4.69, 9.17) is 14.7 Å². The van der Waals surface area contributed by atoms with E-state index in [0.717, 1.165) is 5.92 Å². The van der Waals surface area contributed by atoms with Gasteiger partial charge < -0.3 is 30.3 Å². The fourth-order valence-electron chi connectivity index (χ4n) is 5.58. The fraction of sp³-hybridized carbons (Fsp3) is 0.708. The van der Waals surface area contributed by atoms with Crippen LogP contribution in [0.15, 0.2) is 36.2 Å². The second kappa shape index (κ2) is 10.6. The monoisotopic (exact) mass is 429 g/mol. The van der Waals surface area contributed by atoms with Crippen LogP contribution < -0.4 is 10.6 Å². The molecule has 8 atom stereocenters. The Kier molecular flexibility index (Phi) is 7.67. The summed E-state index contributed by atoms with van der Waals surface area (Å²) >= 11 is 0. The zero-order valence-electron chi connectivity index (χ0n) is 18.0. The summed E-state index contributed by atoms with van der Waals surface area (Å²) in [5, 5.41) is 35.2. The Labute approximate surface area is 184 Å². The van der Waals surface area contributed by atoms with Crippen LogP contribution in [-0.4, -0.2) is 55.5 Å². The maximum absolute atomic E-state index is 10.2. The standard InChI is InChI=1S/C24H35N3O4/c25-6-5-23(27-24(29)15-31-13-21-10-17-2-4-19(21)8-17)26-11-22(28)14-30-12-20-9-16-1-3-18(20)7-16/h1-5,16-22,24,26-29H,7-15H2/b23-5-. The predicted octanol–water partition coefficient (Wildman–Crippen LogP) is 1.67. The third kappa shape index (κ3) is 6.11. The SMILES string of the molecule is N#C/C=C(/NCC(O)COCC1CC2C=CC1C2)NC(O)COCC1CC2C=CC1C2. The molecule has 0 spiro atoms. The molecule has 0 aliphatic heterocycles. The summed E-state index contributed by atoms with van der Waals surface area (Å²) in [6, 6.07) is 1.95. The highest BCUT2D eigenvalue weighted by Crippen LogP contribution is 2.44. The molecule has 8 unspecified atom stereocenters. The second-order valence-electron chi connectivity index (χ2n) is 9.54. The van der Waals surface area contributed by atoms with Gasteiger partial charge in [-0.15, -0.1) is 0 Å². The van der Waals surface area contributed by atoms with Gasteiger partial charge in [-0.3, -0.25) is 0 Å². The zero-order valence-corrected chi connectivity index (χ0v) is 18.0. The van der Waals surface area contributed by atoms with Crippen LogP contribution in [0.25, 0.3) is 0 Å². The quantitative estimate of drug-likeness (QED) is 0.200. The molecule has 4 aliphatic carbocycles. The molecule has 0 amide bonds. The molecule has 170 valence electrons. The van der Waals surface area contributed by atoms with Gasteiger partial charge in [-0.2, -0.15) is 5.26 Å². The minimum Gasteiger partial charge on any atom is -0.389 e. The average Bonchev–Trinajstić information content (AvgIpc) is 3.54. The first-order valence-corrected chi connectivity index (χ1v) is 11.6. The first kappa shape index (κ1) is 22.3. The average molecular weight is 430 g/mol. The lowest BCUT2D eigenvalue weighted by Gasteiger charge is -2.22. The number of ether oxygens (including phenoxy) is 2. The Morgan fingerprint density at radius 2 is 1.58 bits per heavy atom.